The van der Waals surface area contributed by atoms with Gasteiger partial charge in [-0.1, -0.05) is 146 Å². The minimum Gasteiger partial charge on any atom is -0.456 e. The van der Waals surface area contributed by atoms with E-state index < -0.39 is 0 Å². The number of furan rings is 2. The molecule has 62 heavy (non-hydrogen) atoms. The minimum atomic E-state index is 0.845. The number of rotatable bonds is 6. The number of hydrogen-bond acceptors (Lipinski definition) is 3. The van der Waals surface area contributed by atoms with E-state index in [0.29, 0.717) is 0 Å². The van der Waals surface area contributed by atoms with Gasteiger partial charge in [-0.25, -0.2) is 0 Å². The van der Waals surface area contributed by atoms with E-state index in [1.807, 2.05) is 12.1 Å². The van der Waals surface area contributed by atoms with Gasteiger partial charge in [0, 0.05) is 49.4 Å². The molecule has 3 aromatic heterocycles. The first-order valence-corrected chi connectivity index (χ1v) is 21.1. The minimum absolute atomic E-state index is 0.845. The third-order valence-electron chi connectivity index (χ3n) is 12.6. The van der Waals surface area contributed by atoms with Gasteiger partial charge < -0.3 is 18.3 Å². The zero-order chi connectivity index (χ0) is 40.7. The second kappa shape index (κ2) is 13.6. The Balaban J connectivity index is 1.04. The number of para-hydroxylation sites is 5. The topological polar surface area (TPSA) is 34.5 Å². The van der Waals surface area contributed by atoms with Crippen molar-refractivity contribution in [2.45, 2.75) is 0 Å². The van der Waals surface area contributed by atoms with Crippen molar-refractivity contribution >= 4 is 93.5 Å². The monoisotopic (exact) mass is 792 g/mol. The summed E-state index contributed by atoms with van der Waals surface area (Å²) in [7, 11) is 0. The van der Waals surface area contributed by atoms with Crippen molar-refractivity contribution in [3.05, 3.63) is 218 Å². The van der Waals surface area contributed by atoms with Crippen molar-refractivity contribution in [2.24, 2.45) is 0 Å². The Morgan fingerprint density at radius 1 is 0.355 bits per heavy atom. The van der Waals surface area contributed by atoms with Crippen LogP contribution < -0.4 is 4.90 Å². The van der Waals surface area contributed by atoms with Crippen LogP contribution in [0.2, 0.25) is 0 Å². The molecule has 0 bridgehead atoms. The van der Waals surface area contributed by atoms with Crippen molar-refractivity contribution in [2.75, 3.05) is 4.90 Å². The molecule has 10 aromatic carbocycles. The first-order valence-electron chi connectivity index (χ1n) is 21.1. The Bertz CT molecular complexity index is 3830. The predicted octanol–water partition coefficient (Wildman–Crippen LogP) is 16.5. The average molecular weight is 793 g/mol. The molecule has 0 radical (unpaired) electrons. The number of hydrogen-bond donors (Lipinski definition) is 0. The van der Waals surface area contributed by atoms with E-state index in [1.165, 1.54) is 32.6 Å². The Morgan fingerprint density at radius 3 is 1.71 bits per heavy atom. The maximum atomic E-state index is 7.02. The lowest BCUT2D eigenvalue weighted by molar-refractivity contribution is 0.669. The number of nitrogens with zero attached hydrogens (tertiary/aromatic N) is 2. The number of fused-ring (bicyclic) bond motifs is 10. The Kier molecular flexibility index (Phi) is 7.57. The van der Waals surface area contributed by atoms with Crippen LogP contribution in [0.1, 0.15) is 0 Å². The van der Waals surface area contributed by atoms with Crippen molar-refractivity contribution in [3.63, 3.8) is 0 Å². The molecule has 0 aliphatic carbocycles. The van der Waals surface area contributed by atoms with E-state index in [0.717, 1.165) is 88.9 Å². The average Bonchev–Trinajstić information content (AvgIpc) is 4.02. The summed E-state index contributed by atoms with van der Waals surface area (Å²) in [5.41, 5.74) is 14.4. The van der Waals surface area contributed by atoms with Crippen molar-refractivity contribution in [1.82, 2.24) is 4.57 Å². The predicted molar refractivity (Wildman–Crippen MR) is 258 cm³/mol. The molecule has 4 heteroatoms. The van der Waals surface area contributed by atoms with Crippen molar-refractivity contribution in [3.8, 4) is 27.9 Å². The highest BCUT2D eigenvalue weighted by atomic mass is 16.3. The second-order valence-electron chi connectivity index (χ2n) is 16.0. The number of anilines is 3. The molecule has 13 rings (SSSR count). The molecule has 0 saturated carbocycles. The highest BCUT2D eigenvalue weighted by Gasteiger charge is 2.25. The van der Waals surface area contributed by atoms with Crippen LogP contribution in [0, 0.1) is 0 Å². The normalized spacial score (nSPS) is 11.9. The molecule has 0 unspecified atom stereocenters. The van der Waals surface area contributed by atoms with Crippen LogP contribution in [0.25, 0.3) is 104 Å². The van der Waals surface area contributed by atoms with Gasteiger partial charge in [0.2, 0.25) is 0 Å². The molecule has 13 aromatic rings. The summed E-state index contributed by atoms with van der Waals surface area (Å²) in [5, 5.41) is 9.21. The highest BCUT2D eigenvalue weighted by Crippen LogP contribution is 2.48. The van der Waals surface area contributed by atoms with Crippen LogP contribution in [0.4, 0.5) is 17.1 Å². The van der Waals surface area contributed by atoms with Gasteiger partial charge in [-0.15, -0.1) is 0 Å². The fourth-order valence-corrected chi connectivity index (χ4v) is 9.84. The van der Waals surface area contributed by atoms with E-state index >= 15 is 0 Å². The van der Waals surface area contributed by atoms with Crippen molar-refractivity contribution < 1.29 is 8.83 Å². The Hall–Kier alpha value is -8.34. The fraction of sp³-hybridized carbons (Fsp3) is 0. The van der Waals surface area contributed by atoms with Gasteiger partial charge in [0.1, 0.15) is 22.3 Å². The first-order chi connectivity index (χ1) is 30.8. The third-order valence-corrected chi connectivity index (χ3v) is 12.6. The fourth-order valence-electron chi connectivity index (χ4n) is 9.84. The second-order valence-corrected chi connectivity index (χ2v) is 16.0. The first kappa shape index (κ1) is 34.5. The SMILES string of the molecule is c1ccc(-n2c3ccccc3c3ccccc32)c(-c2ccc(N(c3ccc(-c4cccc5oc6ccccc6c45)cc3)c3ccc4ccccc4c3)c3c2oc2ccccc23)c1. The third kappa shape index (κ3) is 5.20. The smallest absolute Gasteiger partial charge is 0.145 e. The zero-order valence-corrected chi connectivity index (χ0v) is 33.5. The maximum absolute atomic E-state index is 7.02. The van der Waals surface area contributed by atoms with Gasteiger partial charge in [0.05, 0.1) is 27.8 Å². The molecule has 0 N–H and O–H groups in total. The maximum Gasteiger partial charge on any atom is 0.145 e. The van der Waals surface area contributed by atoms with Crippen LogP contribution in [0.3, 0.4) is 0 Å². The standard InChI is InChI=1S/C58H36N2O2/c1-2-15-39-36-41(33-28-37(39)14-1)59(40-31-29-38(30-32-40)42-21-13-27-55-56(42)47-19-6-11-25-53(47)61-55)52-35-34-46(58-57(52)48-20-7-12-26-54(48)62-58)45-18-5-10-24-51(45)60-49-22-8-3-16-43(49)44-17-4-9-23-50(44)60/h1-36H. The Labute approximate surface area is 356 Å². The van der Waals surface area contributed by atoms with Gasteiger partial charge >= 0.3 is 0 Å². The lowest BCUT2D eigenvalue weighted by Gasteiger charge is -2.27. The molecule has 4 nitrogen and oxygen atoms in total. The van der Waals surface area contributed by atoms with E-state index in [9.17, 15) is 0 Å². The molecule has 0 aliphatic rings. The summed E-state index contributed by atoms with van der Waals surface area (Å²) >= 11 is 0. The molecule has 0 amide bonds. The van der Waals surface area contributed by atoms with Crippen LogP contribution in [0.5, 0.6) is 0 Å². The molecule has 0 aliphatic heterocycles. The molecule has 3 heterocycles. The van der Waals surface area contributed by atoms with Crippen LogP contribution in [0.15, 0.2) is 227 Å². The van der Waals surface area contributed by atoms with Gasteiger partial charge in [-0.2, -0.15) is 0 Å². The van der Waals surface area contributed by atoms with Crippen LogP contribution in [-0.4, -0.2) is 4.57 Å². The summed E-state index contributed by atoms with van der Waals surface area (Å²) in [6.45, 7) is 0. The molecule has 0 spiro atoms. The van der Waals surface area contributed by atoms with E-state index in [-0.39, 0.29) is 0 Å². The molecule has 0 fully saturated rings. The zero-order valence-electron chi connectivity index (χ0n) is 33.5. The van der Waals surface area contributed by atoms with E-state index in [1.54, 1.807) is 0 Å². The van der Waals surface area contributed by atoms with Crippen molar-refractivity contribution in [1.29, 1.82) is 0 Å². The molecule has 0 saturated heterocycles. The van der Waals surface area contributed by atoms with Gasteiger partial charge in [0.25, 0.3) is 0 Å². The lowest BCUT2D eigenvalue weighted by atomic mass is 9.97. The Morgan fingerprint density at radius 2 is 0.935 bits per heavy atom. The van der Waals surface area contributed by atoms with Crippen LogP contribution in [-0.2, 0) is 0 Å². The molecule has 0 atom stereocenters. The lowest BCUT2D eigenvalue weighted by Crippen LogP contribution is -2.10. The molecule has 290 valence electrons. The summed E-state index contributed by atoms with van der Waals surface area (Å²) in [4.78, 5) is 2.39. The summed E-state index contributed by atoms with van der Waals surface area (Å²) in [6, 6.07) is 77.9. The molecular formula is C58H36N2O2. The van der Waals surface area contributed by atoms with Crippen LogP contribution >= 0.6 is 0 Å². The van der Waals surface area contributed by atoms with Gasteiger partial charge in [-0.05, 0) is 94.7 Å². The number of benzene rings is 10. The summed E-state index contributed by atoms with van der Waals surface area (Å²) < 4.78 is 15.7. The van der Waals surface area contributed by atoms with Gasteiger partial charge in [0.15, 0.2) is 0 Å². The van der Waals surface area contributed by atoms with E-state index in [4.69, 9.17) is 8.83 Å². The number of aromatic nitrogens is 1. The highest BCUT2D eigenvalue weighted by molar-refractivity contribution is 6.18. The van der Waals surface area contributed by atoms with Gasteiger partial charge in [-0.3, -0.25) is 0 Å². The quantitative estimate of drug-likeness (QED) is 0.168. The largest absolute Gasteiger partial charge is 0.456 e. The molecular weight excluding hydrogens is 757 g/mol. The van der Waals surface area contributed by atoms with E-state index in [2.05, 4.69) is 216 Å². The summed E-state index contributed by atoms with van der Waals surface area (Å²) in [5.74, 6) is 0. The summed E-state index contributed by atoms with van der Waals surface area (Å²) in [6.07, 6.45) is 0.